The third-order valence-electron chi connectivity index (χ3n) is 5.54. The van der Waals surface area contributed by atoms with Crippen molar-refractivity contribution in [2.24, 2.45) is 11.8 Å². The first kappa shape index (κ1) is 27.0. The Labute approximate surface area is 201 Å². The van der Waals surface area contributed by atoms with E-state index in [1.54, 1.807) is 0 Å². The molecule has 1 aliphatic carbocycles. The minimum absolute atomic E-state index is 0.0760. The van der Waals surface area contributed by atoms with Crippen molar-refractivity contribution in [3.8, 4) is 0 Å². The van der Waals surface area contributed by atoms with Gasteiger partial charge in [0.05, 0.1) is 98.4 Å². The topological polar surface area (TPSA) is 90.9 Å². The van der Waals surface area contributed by atoms with Crippen LogP contribution in [0.1, 0.15) is 17.5 Å². The number of ether oxygens (including phenoxy) is 8. The first-order valence-corrected chi connectivity index (χ1v) is 12.1. The average Bonchev–Trinajstić information content (AvgIpc) is 3.63. The van der Waals surface area contributed by atoms with Gasteiger partial charge in [0.1, 0.15) is 6.61 Å². The number of carbonyl (C=O) groups excluding carboxylic acids is 1. The number of esters is 1. The number of rotatable bonds is 0. The normalized spacial score (nSPS) is 26.2. The van der Waals surface area contributed by atoms with Crippen molar-refractivity contribution in [2.45, 2.75) is 19.6 Å². The molecule has 9 heteroatoms. The summed E-state index contributed by atoms with van der Waals surface area (Å²) in [4.78, 5) is 12.4. The summed E-state index contributed by atoms with van der Waals surface area (Å²) in [7, 11) is 0. The molecule has 34 heavy (non-hydrogen) atoms. The average molecular weight is 483 g/mol. The quantitative estimate of drug-likeness (QED) is 0.515. The van der Waals surface area contributed by atoms with Crippen molar-refractivity contribution in [1.29, 1.82) is 0 Å². The molecule has 2 unspecified atom stereocenters. The van der Waals surface area contributed by atoms with Crippen LogP contribution in [0, 0.1) is 11.8 Å². The Kier molecular flexibility index (Phi) is 13.5. The summed E-state index contributed by atoms with van der Waals surface area (Å²) in [5.41, 5.74) is 1.96. The number of carbonyl (C=O) groups is 1. The second-order valence-corrected chi connectivity index (χ2v) is 8.17. The predicted molar refractivity (Wildman–Crippen MR) is 122 cm³/mol. The van der Waals surface area contributed by atoms with E-state index in [0.717, 1.165) is 17.5 Å². The molecule has 9 nitrogen and oxygen atoms in total. The first-order valence-electron chi connectivity index (χ1n) is 12.1. The maximum absolute atomic E-state index is 12.4. The summed E-state index contributed by atoms with van der Waals surface area (Å²) in [5, 5.41) is 0. The fourth-order valence-electron chi connectivity index (χ4n) is 3.45. The van der Waals surface area contributed by atoms with E-state index in [0.29, 0.717) is 92.5 Å². The molecule has 1 aromatic rings. The Morgan fingerprint density at radius 1 is 0.559 bits per heavy atom. The van der Waals surface area contributed by atoms with Gasteiger partial charge in [-0.2, -0.15) is 0 Å². The molecular weight excluding hydrogens is 444 g/mol. The third kappa shape index (κ3) is 11.2. The van der Waals surface area contributed by atoms with E-state index in [-0.39, 0.29) is 24.4 Å². The lowest BCUT2D eigenvalue weighted by Crippen LogP contribution is -2.15. The van der Waals surface area contributed by atoms with Crippen molar-refractivity contribution < 1.29 is 42.7 Å². The van der Waals surface area contributed by atoms with E-state index in [2.05, 4.69) is 0 Å². The van der Waals surface area contributed by atoms with E-state index < -0.39 is 0 Å². The van der Waals surface area contributed by atoms with Crippen LogP contribution < -0.4 is 0 Å². The van der Waals surface area contributed by atoms with Gasteiger partial charge in [0.15, 0.2) is 0 Å². The first-order chi connectivity index (χ1) is 16.8. The number of hydrogen-bond donors (Lipinski definition) is 0. The minimum atomic E-state index is -0.162. The minimum Gasteiger partial charge on any atom is -0.461 e. The van der Waals surface area contributed by atoms with Gasteiger partial charge in [0.2, 0.25) is 0 Å². The molecule has 1 fully saturated rings. The summed E-state index contributed by atoms with van der Waals surface area (Å²) in [6, 6.07) is 7.84. The molecule has 0 spiro atoms. The number of benzene rings is 1. The number of cyclic esters (lactones) is 1. The molecule has 1 aromatic carbocycles. The Bertz CT molecular complexity index is 684. The number of hydrogen-bond acceptors (Lipinski definition) is 9. The second kappa shape index (κ2) is 16.9. The van der Waals surface area contributed by atoms with Gasteiger partial charge in [-0.1, -0.05) is 24.3 Å². The lowest BCUT2D eigenvalue weighted by Gasteiger charge is -2.11. The second-order valence-electron chi connectivity index (χ2n) is 8.17. The number of fused-ring (bicyclic) bond motifs is 2. The fraction of sp³-hybridized carbons (Fsp3) is 0.720. The molecule has 0 saturated heterocycles. The molecule has 1 saturated carbocycles. The maximum Gasteiger partial charge on any atom is 0.309 e. The predicted octanol–water partition coefficient (Wildman–Crippen LogP) is 2.00. The molecule has 2 atom stereocenters. The Balaban J connectivity index is 1.38. The molecule has 1 aliphatic heterocycles. The zero-order valence-corrected chi connectivity index (χ0v) is 20.0. The highest BCUT2D eigenvalue weighted by atomic mass is 16.6. The lowest BCUT2D eigenvalue weighted by molar-refractivity contribution is -0.147. The van der Waals surface area contributed by atoms with Crippen molar-refractivity contribution in [2.75, 3.05) is 85.9 Å². The maximum atomic E-state index is 12.4. The van der Waals surface area contributed by atoms with E-state index in [1.807, 2.05) is 24.3 Å². The van der Waals surface area contributed by atoms with Gasteiger partial charge in [0, 0.05) is 0 Å². The molecule has 3 rings (SSSR count). The summed E-state index contributed by atoms with van der Waals surface area (Å²) in [5.74, 6) is -0.00921. The monoisotopic (exact) mass is 482 g/mol. The van der Waals surface area contributed by atoms with Crippen molar-refractivity contribution in [3.05, 3.63) is 35.4 Å². The molecule has 192 valence electrons. The fourth-order valence-corrected chi connectivity index (χ4v) is 3.45. The molecule has 0 bridgehead atoms. The van der Waals surface area contributed by atoms with Crippen LogP contribution in [0.25, 0.3) is 0 Å². The van der Waals surface area contributed by atoms with E-state index >= 15 is 0 Å². The van der Waals surface area contributed by atoms with Crippen molar-refractivity contribution in [1.82, 2.24) is 0 Å². The SMILES string of the molecule is O=C1OCc2ccccc2COCCOCCOCCOCCOCCOCCOCC2CC12. The van der Waals surface area contributed by atoms with Gasteiger partial charge < -0.3 is 37.9 Å². The summed E-state index contributed by atoms with van der Waals surface area (Å²) in [6.45, 7) is 7.33. The zero-order chi connectivity index (χ0) is 23.7. The lowest BCUT2D eigenvalue weighted by atomic mass is 10.1. The van der Waals surface area contributed by atoms with Crippen LogP contribution >= 0.6 is 0 Å². The highest BCUT2D eigenvalue weighted by Crippen LogP contribution is 2.39. The standard InChI is InChI=1S/C25H38O9/c26-25-24-17-23(24)19-33-16-14-31-12-10-29-8-6-27-5-7-28-9-11-30-13-15-32-18-21-3-1-2-4-22(21)20-34-25/h1-4,23-24H,5-20H2. The Morgan fingerprint density at radius 2 is 1.00 bits per heavy atom. The third-order valence-corrected chi connectivity index (χ3v) is 5.54. The van der Waals surface area contributed by atoms with Gasteiger partial charge in [-0.3, -0.25) is 4.79 Å². The summed E-state index contributed by atoms with van der Waals surface area (Å²) < 4.78 is 44.3. The van der Waals surface area contributed by atoms with Crippen LogP contribution in [0.15, 0.2) is 24.3 Å². The highest BCUT2D eigenvalue weighted by molar-refractivity contribution is 5.75. The van der Waals surface area contributed by atoms with Crippen LogP contribution in [0.4, 0.5) is 0 Å². The van der Waals surface area contributed by atoms with Gasteiger partial charge in [-0.05, 0) is 23.5 Å². The van der Waals surface area contributed by atoms with Gasteiger partial charge in [0.25, 0.3) is 0 Å². The van der Waals surface area contributed by atoms with Crippen LogP contribution in [0.3, 0.4) is 0 Å². The molecule has 1 heterocycles. The van der Waals surface area contributed by atoms with Crippen LogP contribution in [-0.2, 0) is 55.9 Å². The Morgan fingerprint density at radius 3 is 1.53 bits per heavy atom. The molecule has 0 aromatic heterocycles. The largest absolute Gasteiger partial charge is 0.461 e. The molecule has 0 amide bonds. The van der Waals surface area contributed by atoms with Crippen LogP contribution in [-0.4, -0.2) is 91.9 Å². The highest BCUT2D eigenvalue weighted by Gasteiger charge is 2.44. The molecule has 2 aliphatic rings. The van der Waals surface area contributed by atoms with E-state index in [9.17, 15) is 4.79 Å². The zero-order valence-electron chi connectivity index (χ0n) is 20.0. The van der Waals surface area contributed by atoms with Gasteiger partial charge in [-0.15, -0.1) is 0 Å². The molecule has 0 radical (unpaired) electrons. The van der Waals surface area contributed by atoms with Crippen molar-refractivity contribution >= 4 is 5.97 Å². The van der Waals surface area contributed by atoms with Crippen LogP contribution in [0.2, 0.25) is 0 Å². The molecular formula is C25H38O9. The summed E-state index contributed by atoms with van der Waals surface area (Å²) >= 11 is 0. The van der Waals surface area contributed by atoms with E-state index in [4.69, 9.17) is 37.9 Å². The van der Waals surface area contributed by atoms with Gasteiger partial charge in [-0.25, -0.2) is 0 Å². The van der Waals surface area contributed by atoms with Crippen LogP contribution in [0.5, 0.6) is 0 Å². The van der Waals surface area contributed by atoms with Gasteiger partial charge >= 0.3 is 5.97 Å². The Hall–Kier alpha value is -1.59. The van der Waals surface area contributed by atoms with Crippen molar-refractivity contribution in [3.63, 3.8) is 0 Å². The van der Waals surface area contributed by atoms with E-state index in [1.165, 1.54) is 0 Å². The molecule has 0 N–H and O–H groups in total. The summed E-state index contributed by atoms with van der Waals surface area (Å²) in [6.07, 6.45) is 0.811. The smallest absolute Gasteiger partial charge is 0.309 e.